The van der Waals surface area contributed by atoms with E-state index in [-0.39, 0.29) is 13.2 Å². The molecular weight excluding hydrogens is 192 g/mol. The van der Waals surface area contributed by atoms with E-state index in [9.17, 15) is 8.78 Å². The van der Waals surface area contributed by atoms with E-state index in [1.807, 2.05) is 0 Å². The molecule has 0 aliphatic rings. The van der Waals surface area contributed by atoms with Gasteiger partial charge in [0, 0.05) is 0 Å². The zero-order valence-corrected chi connectivity index (χ0v) is 7.41. The molecule has 1 unspecified atom stereocenters. The first-order valence-electron chi connectivity index (χ1n) is 4.08. The highest BCUT2D eigenvalue weighted by Crippen LogP contribution is 2.20. The highest BCUT2D eigenvalue weighted by molar-refractivity contribution is 5.25. The Morgan fingerprint density at radius 2 is 1.93 bits per heavy atom. The highest BCUT2D eigenvalue weighted by atomic mass is 19.1. The third-order valence-electron chi connectivity index (χ3n) is 1.60. The Labute approximate surface area is 80.1 Å². The summed E-state index contributed by atoms with van der Waals surface area (Å²) < 4.78 is 30.7. The van der Waals surface area contributed by atoms with Crippen LogP contribution in [-0.2, 0) is 0 Å². The number of aliphatic hydroxyl groups excluding tert-OH is 1. The summed E-state index contributed by atoms with van der Waals surface area (Å²) in [6, 6.07) is 2.77. The summed E-state index contributed by atoms with van der Waals surface area (Å²) >= 11 is 0. The maximum absolute atomic E-state index is 12.9. The molecule has 0 spiro atoms. The third-order valence-corrected chi connectivity index (χ3v) is 1.60. The molecule has 1 aromatic carbocycles. The first kappa shape index (κ1) is 10.9. The maximum Gasteiger partial charge on any atom is 0.190 e. The highest BCUT2D eigenvalue weighted by Gasteiger charge is 2.10. The number of hydrogen-bond donors (Lipinski definition) is 2. The van der Waals surface area contributed by atoms with E-state index in [2.05, 4.69) is 0 Å². The van der Waals surface area contributed by atoms with Gasteiger partial charge in [0.05, 0.1) is 12.6 Å². The number of ether oxygens (including phenoxy) is 1. The smallest absolute Gasteiger partial charge is 0.190 e. The van der Waals surface area contributed by atoms with Gasteiger partial charge in [-0.05, 0) is 12.1 Å². The standard InChI is InChI=1S/C9H11F2NO2/c10-7-2-1-3-8(11)9(7)14-5-6(12)4-13/h1-3,6,13H,4-5,12H2. The Bertz CT molecular complexity index is 287. The third kappa shape index (κ3) is 2.65. The molecule has 0 bridgehead atoms. The van der Waals surface area contributed by atoms with Gasteiger partial charge in [-0.1, -0.05) is 6.07 Å². The fraction of sp³-hybridized carbons (Fsp3) is 0.333. The summed E-state index contributed by atoms with van der Waals surface area (Å²) in [5, 5.41) is 8.56. The lowest BCUT2D eigenvalue weighted by atomic mass is 10.3. The minimum atomic E-state index is -0.782. The van der Waals surface area contributed by atoms with Gasteiger partial charge in [0.1, 0.15) is 6.61 Å². The van der Waals surface area contributed by atoms with Gasteiger partial charge >= 0.3 is 0 Å². The van der Waals surface area contributed by atoms with E-state index in [4.69, 9.17) is 15.6 Å². The Hall–Kier alpha value is -1.20. The lowest BCUT2D eigenvalue weighted by Crippen LogP contribution is -2.31. The molecule has 3 N–H and O–H groups in total. The predicted molar refractivity (Wildman–Crippen MR) is 46.9 cm³/mol. The largest absolute Gasteiger partial charge is 0.486 e. The van der Waals surface area contributed by atoms with E-state index in [1.165, 1.54) is 6.07 Å². The van der Waals surface area contributed by atoms with Crippen LogP contribution < -0.4 is 10.5 Å². The number of para-hydroxylation sites is 1. The normalized spacial score (nSPS) is 12.6. The Morgan fingerprint density at radius 3 is 2.43 bits per heavy atom. The van der Waals surface area contributed by atoms with E-state index >= 15 is 0 Å². The Kier molecular flexibility index (Phi) is 3.79. The first-order chi connectivity index (χ1) is 6.65. The second-order valence-corrected chi connectivity index (χ2v) is 2.80. The van der Waals surface area contributed by atoms with E-state index < -0.39 is 23.4 Å². The van der Waals surface area contributed by atoms with Crippen LogP contribution in [0.1, 0.15) is 0 Å². The molecule has 0 amide bonds. The molecule has 0 aliphatic carbocycles. The molecule has 78 valence electrons. The van der Waals surface area contributed by atoms with Crippen LogP contribution in [0, 0.1) is 11.6 Å². The molecule has 0 saturated heterocycles. The van der Waals surface area contributed by atoms with E-state index in [0.717, 1.165) is 12.1 Å². The molecular formula is C9H11F2NO2. The Balaban J connectivity index is 2.66. The quantitative estimate of drug-likeness (QED) is 0.756. The van der Waals surface area contributed by atoms with E-state index in [1.54, 1.807) is 0 Å². The van der Waals surface area contributed by atoms with Crippen molar-refractivity contribution in [2.24, 2.45) is 5.73 Å². The van der Waals surface area contributed by atoms with E-state index in [0.29, 0.717) is 0 Å². The van der Waals surface area contributed by atoms with Crippen LogP contribution in [0.25, 0.3) is 0 Å². The molecule has 14 heavy (non-hydrogen) atoms. The topological polar surface area (TPSA) is 55.5 Å². The van der Waals surface area contributed by atoms with Crippen molar-refractivity contribution < 1.29 is 18.6 Å². The molecule has 0 aromatic heterocycles. The average Bonchev–Trinajstić information content (AvgIpc) is 2.16. The summed E-state index contributed by atoms with van der Waals surface area (Å²) in [5.41, 5.74) is 5.30. The fourth-order valence-electron chi connectivity index (χ4n) is 0.863. The number of benzene rings is 1. The van der Waals surface area contributed by atoms with Gasteiger partial charge in [-0.15, -0.1) is 0 Å². The lowest BCUT2D eigenvalue weighted by molar-refractivity contribution is 0.197. The lowest BCUT2D eigenvalue weighted by Gasteiger charge is -2.11. The zero-order chi connectivity index (χ0) is 10.6. The van der Waals surface area contributed by atoms with Crippen molar-refractivity contribution in [2.75, 3.05) is 13.2 Å². The summed E-state index contributed by atoms with van der Waals surface area (Å²) in [7, 11) is 0. The number of hydrogen-bond acceptors (Lipinski definition) is 3. The van der Waals surface area contributed by atoms with Crippen LogP contribution in [0.2, 0.25) is 0 Å². The number of aliphatic hydroxyl groups is 1. The van der Waals surface area contributed by atoms with Crippen molar-refractivity contribution in [3.63, 3.8) is 0 Å². The SMILES string of the molecule is NC(CO)COc1c(F)cccc1F. The summed E-state index contributed by atoms with van der Waals surface area (Å²) in [5.74, 6) is -2.03. The number of rotatable bonds is 4. The van der Waals surface area contributed by atoms with Gasteiger partial charge < -0.3 is 15.6 Å². The van der Waals surface area contributed by atoms with Crippen molar-refractivity contribution >= 4 is 0 Å². The molecule has 0 aliphatic heterocycles. The molecule has 0 saturated carbocycles. The number of nitrogens with two attached hydrogens (primary N) is 1. The second kappa shape index (κ2) is 4.88. The summed E-state index contributed by atoms with van der Waals surface area (Å²) in [6.45, 7) is -0.426. The van der Waals surface area contributed by atoms with Crippen LogP contribution >= 0.6 is 0 Å². The molecule has 1 atom stereocenters. The minimum Gasteiger partial charge on any atom is -0.486 e. The van der Waals surface area contributed by atoms with Crippen molar-refractivity contribution in [2.45, 2.75) is 6.04 Å². The molecule has 1 rings (SSSR count). The van der Waals surface area contributed by atoms with Gasteiger partial charge in [0.25, 0.3) is 0 Å². The first-order valence-corrected chi connectivity index (χ1v) is 4.08. The van der Waals surface area contributed by atoms with Gasteiger partial charge in [-0.3, -0.25) is 0 Å². The van der Waals surface area contributed by atoms with Crippen LogP contribution in [-0.4, -0.2) is 24.4 Å². The number of halogens is 2. The van der Waals surface area contributed by atoms with Crippen molar-refractivity contribution in [3.8, 4) is 5.75 Å². The molecule has 3 nitrogen and oxygen atoms in total. The molecule has 0 fully saturated rings. The van der Waals surface area contributed by atoms with Crippen LogP contribution in [0.5, 0.6) is 5.75 Å². The van der Waals surface area contributed by atoms with Gasteiger partial charge in [0.2, 0.25) is 0 Å². The van der Waals surface area contributed by atoms with Crippen LogP contribution in [0.3, 0.4) is 0 Å². The van der Waals surface area contributed by atoms with Gasteiger partial charge in [-0.2, -0.15) is 0 Å². The fourth-order valence-corrected chi connectivity index (χ4v) is 0.863. The van der Waals surface area contributed by atoms with Crippen molar-refractivity contribution in [3.05, 3.63) is 29.8 Å². The Morgan fingerprint density at radius 1 is 1.36 bits per heavy atom. The molecule has 1 aromatic rings. The molecule has 0 radical (unpaired) electrons. The maximum atomic E-state index is 12.9. The predicted octanol–water partition coefficient (Wildman–Crippen LogP) is 0.663. The van der Waals surface area contributed by atoms with Crippen molar-refractivity contribution in [1.29, 1.82) is 0 Å². The average molecular weight is 203 g/mol. The monoisotopic (exact) mass is 203 g/mol. The van der Waals surface area contributed by atoms with Crippen molar-refractivity contribution in [1.82, 2.24) is 0 Å². The second-order valence-electron chi connectivity index (χ2n) is 2.80. The van der Waals surface area contributed by atoms with Crippen LogP contribution in [0.15, 0.2) is 18.2 Å². The van der Waals surface area contributed by atoms with Gasteiger partial charge in [-0.25, -0.2) is 8.78 Å². The van der Waals surface area contributed by atoms with Gasteiger partial charge in [0.15, 0.2) is 17.4 Å². The van der Waals surface area contributed by atoms with Crippen LogP contribution in [0.4, 0.5) is 8.78 Å². The summed E-state index contributed by atoms with van der Waals surface area (Å²) in [6.07, 6.45) is 0. The molecule has 0 heterocycles. The summed E-state index contributed by atoms with van der Waals surface area (Å²) in [4.78, 5) is 0. The zero-order valence-electron chi connectivity index (χ0n) is 7.41. The molecule has 5 heteroatoms. The minimum absolute atomic E-state index is 0.131.